The number of hydrogen-bond acceptors (Lipinski definition) is 3. The molecule has 1 aromatic carbocycles. The molecule has 1 aromatic heterocycles. The van der Waals surface area contributed by atoms with Gasteiger partial charge in [-0.15, -0.1) is 0 Å². The lowest BCUT2D eigenvalue weighted by Crippen LogP contribution is -2.22. The van der Waals surface area contributed by atoms with Crippen LogP contribution in [-0.4, -0.2) is 30.1 Å². The Labute approximate surface area is 134 Å². The molecule has 0 bridgehead atoms. The summed E-state index contributed by atoms with van der Waals surface area (Å²) in [4.78, 5) is 23.1. The lowest BCUT2D eigenvalue weighted by atomic mass is 10.1. The minimum atomic E-state index is -0.432. The molecule has 0 fully saturated rings. The molecule has 0 aliphatic heterocycles. The number of halogens is 1. The van der Waals surface area contributed by atoms with Gasteiger partial charge in [-0.25, -0.2) is 9.18 Å². The van der Waals surface area contributed by atoms with E-state index in [0.717, 1.165) is 16.5 Å². The molecule has 0 aliphatic carbocycles. The second kappa shape index (κ2) is 7.26. The molecule has 124 valence electrons. The standard InChI is InChI=1S/C17H21FN2O3/c1-4-13-14-10-12(18)6-7-15(14)20(16(13)17(22)23-3)9-5-8-19-11(2)21/h6-7,10H,4-5,8-9H2,1-3H3,(H,19,21). The average molecular weight is 320 g/mol. The van der Waals surface area contributed by atoms with Crippen molar-refractivity contribution in [2.24, 2.45) is 0 Å². The fourth-order valence-electron chi connectivity index (χ4n) is 2.82. The molecular weight excluding hydrogens is 299 g/mol. The largest absolute Gasteiger partial charge is 0.464 e. The zero-order valence-electron chi connectivity index (χ0n) is 13.6. The second-order valence-corrected chi connectivity index (χ2v) is 5.32. The molecule has 23 heavy (non-hydrogen) atoms. The number of carbonyl (C=O) groups excluding carboxylic acids is 2. The Morgan fingerprint density at radius 1 is 1.35 bits per heavy atom. The molecule has 0 atom stereocenters. The minimum absolute atomic E-state index is 0.0909. The SMILES string of the molecule is CCc1c(C(=O)OC)n(CCCNC(C)=O)c2ccc(F)cc12. The number of esters is 1. The maximum absolute atomic E-state index is 13.6. The van der Waals surface area contributed by atoms with Gasteiger partial charge >= 0.3 is 5.97 Å². The lowest BCUT2D eigenvalue weighted by Gasteiger charge is -2.10. The summed E-state index contributed by atoms with van der Waals surface area (Å²) < 4.78 is 20.3. The maximum Gasteiger partial charge on any atom is 0.354 e. The van der Waals surface area contributed by atoms with Gasteiger partial charge in [0.15, 0.2) is 0 Å². The lowest BCUT2D eigenvalue weighted by molar-refractivity contribution is -0.118. The Morgan fingerprint density at radius 3 is 2.70 bits per heavy atom. The van der Waals surface area contributed by atoms with Crippen molar-refractivity contribution in [3.8, 4) is 0 Å². The highest BCUT2D eigenvalue weighted by molar-refractivity contribution is 5.99. The Hall–Kier alpha value is -2.37. The van der Waals surface area contributed by atoms with Crippen LogP contribution in [0.2, 0.25) is 0 Å². The number of fused-ring (bicyclic) bond motifs is 1. The van der Waals surface area contributed by atoms with Crippen molar-refractivity contribution < 1.29 is 18.7 Å². The molecule has 0 unspecified atom stereocenters. The van der Waals surface area contributed by atoms with Crippen molar-refractivity contribution in [3.05, 3.63) is 35.3 Å². The van der Waals surface area contributed by atoms with Crippen LogP contribution in [0, 0.1) is 5.82 Å². The van der Waals surface area contributed by atoms with Crippen molar-refractivity contribution >= 4 is 22.8 Å². The number of amides is 1. The van der Waals surface area contributed by atoms with E-state index >= 15 is 0 Å². The summed E-state index contributed by atoms with van der Waals surface area (Å²) in [6.07, 6.45) is 1.26. The molecule has 0 aliphatic rings. The first-order valence-corrected chi connectivity index (χ1v) is 7.63. The van der Waals surface area contributed by atoms with Crippen LogP contribution in [0.25, 0.3) is 10.9 Å². The van der Waals surface area contributed by atoms with E-state index in [0.29, 0.717) is 31.6 Å². The number of carbonyl (C=O) groups is 2. The molecule has 6 heteroatoms. The number of benzene rings is 1. The maximum atomic E-state index is 13.6. The summed E-state index contributed by atoms with van der Waals surface area (Å²) in [5.41, 5.74) is 2.04. The van der Waals surface area contributed by atoms with Gasteiger partial charge in [0.05, 0.1) is 7.11 Å². The van der Waals surface area contributed by atoms with Gasteiger partial charge < -0.3 is 14.6 Å². The average Bonchev–Trinajstić information content (AvgIpc) is 2.83. The van der Waals surface area contributed by atoms with Gasteiger partial charge in [-0.3, -0.25) is 4.79 Å². The summed E-state index contributed by atoms with van der Waals surface area (Å²) in [7, 11) is 1.33. The van der Waals surface area contributed by atoms with Gasteiger partial charge in [-0.2, -0.15) is 0 Å². The zero-order valence-corrected chi connectivity index (χ0v) is 13.6. The second-order valence-electron chi connectivity index (χ2n) is 5.32. The number of hydrogen-bond donors (Lipinski definition) is 1. The number of nitrogens with zero attached hydrogens (tertiary/aromatic N) is 1. The van der Waals surface area contributed by atoms with Crippen molar-refractivity contribution in [3.63, 3.8) is 0 Å². The normalized spacial score (nSPS) is 10.8. The van der Waals surface area contributed by atoms with Crippen molar-refractivity contribution in [1.82, 2.24) is 9.88 Å². The first-order valence-electron chi connectivity index (χ1n) is 7.63. The third-order valence-corrected chi connectivity index (χ3v) is 3.80. The van der Waals surface area contributed by atoms with E-state index in [1.165, 1.54) is 26.2 Å². The van der Waals surface area contributed by atoms with E-state index in [2.05, 4.69) is 5.32 Å². The predicted octanol–water partition coefficient (Wildman–Crippen LogP) is 2.66. The highest BCUT2D eigenvalue weighted by atomic mass is 19.1. The van der Waals surface area contributed by atoms with Gasteiger partial charge in [0.1, 0.15) is 11.5 Å². The van der Waals surface area contributed by atoms with Gasteiger partial charge in [0.25, 0.3) is 0 Å². The number of methoxy groups -OCH3 is 1. The van der Waals surface area contributed by atoms with E-state index in [-0.39, 0.29) is 11.7 Å². The van der Waals surface area contributed by atoms with Crippen molar-refractivity contribution in [2.75, 3.05) is 13.7 Å². The van der Waals surface area contributed by atoms with Crippen molar-refractivity contribution in [2.45, 2.75) is 33.2 Å². The fraction of sp³-hybridized carbons (Fsp3) is 0.412. The van der Waals surface area contributed by atoms with Gasteiger partial charge in [0.2, 0.25) is 5.91 Å². The van der Waals surface area contributed by atoms with E-state index in [9.17, 15) is 14.0 Å². The van der Waals surface area contributed by atoms with E-state index < -0.39 is 5.97 Å². The van der Waals surface area contributed by atoms with Gasteiger partial charge in [-0.05, 0) is 36.6 Å². The Kier molecular flexibility index (Phi) is 5.36. The number of aromatic nitrogens is 1. The molecule has 0 saturated heterocycles. The molecular formula is C17H21FN2O3. The summed E-state index contributed by atoms with van der Waals surface area (Å²) in [5, 5.41) is 3.46. The van der Waals surface area contributed by atoms with Crippen LogP contribution in [0.15, 0.2) is 18.2 Å². The van der Waals surface area contributed by atoms with Crippen LogP contribution in [0.4, 0.5) is 4.39 Å². The highest BCUT2D eigenvalue weighted by Crippen LogP contribution is 2.28. The number of aryl methyl sites for hydroxylation is 2. The molecule has 0 radical (unpaired) electrons. The summed E-state index contributed by atoms with van der Waals surface area (Å²) in [6.45, 7) is 4.43. The number of nitrogens with one attached hydrogen (secondary N) is 1. The smallest absolute Gasteiger partial charge is 0.354 e. The number of ether oxygens (including phenoxy) is 1. The molecule has 2 aromatic rings. The molecule has 5 nitrogen and oxygen atoms in total. The van der Waals surface area contributed by atoms with Crippen LogP contribution in [0.3, 0.4) is 0 Å². The third-order valence-electron chi connectivity index (χ3n) is 3.80. The number of rotatable bonds is 6. The molecule has 1 N–H and O–H groups in total. The Bertz CT molecular complexity index is 737. The van der Waals surface area contributed by atoms with Gasteiger partial charge in [0, 0.05) is 30.9 Å². The van der Waals surface area contributed by atoms with E-state index in [4.69, 9.17) is 4.74 Å². The monoisotopic (exact) mass is 320 g/mol. The third kappa shape index (κ3) is 3.52. The Balaban J connectivity index is 2.46. The molecule has 2 rings (SSSR count). The first kappa shape index (κ1) is 17.0. The van der Waals surface area contributed by atoms with Crippen LogP contribution >= 0.6 is 0 Å². The predicted molar refractivity (Wildman–Crippen MR) is 85.9 cm³/mol. The quantitative estimate of drug-likeness (QED) is 0.657. The summed E-state index contributed by atoms with van der Waals surface area (Å²) in [6, 6.07) is 4.51. The van der Waals surface area contributed by atoms with Crippen LogP contribution in [0.1, 0.15) is 36.3 Å². The fourth-order valence-corrected chi connectivity index (χ4v) is 2.82. The van der Waals surface area contributed by atoms with Crippen LogP contribution in [-0.2, 0) is 22.5 Å². The summed E-state index contributed by atoms with van der Waals surface area (Å²) in [5.74, 6) is -0.858. The van der Waals surface area contributed by atoms with Crippen LogP contribution in [0.5, 0.6) is 0 Å². The van der Waals surface area contributed by atoms with Gasteiger partial charge in [-0.1, -0.05) is 6.92 Å². The molecule has 0 spiro atoms. The Morgan fingerprint density at radius 2 is 2.09 bits per heavy atom. The van der Waals surface area contributed by atoms with E-state index in [1.807, 2.05) is 11.5 Å². The molecule has 0 saturated carbocycles. The molecule has 1 amide bonds. The minimum Gasteiger partial charge on any atom is -0.464 e. The van der Waals surface area contributed by atoms with Crippen molar-refractivity contribution in [1.29, 1.82) is 0 Å². The first-order chi connectivity index (χ1) is 11.0. The topological polar surface area (TPSA) is 60.3 Å². The summed E-state index contributed by atoms with van der Waals surface area (Å²) >= 11 is 0. The van der Waals surface area contributed by atoms with E-state index in [1.54, 1.807) is 6.07 Å². The zero-order chi connectivity index (χ0) is 17.0. The molecule has 1 heterocycles. The highest BCUT2D eigenvalue weighted by Gasteiger charge is 2.22. The van der Waals surface area contributed by atoms with Crippen LogP contribution < -0.4 is 5.32 Å².